The van der Waals surface area contributed by atoms with Gasteiger partial charge in [0.1, 0.15) is 5.75 Å². The van der Waals surface area contributed by atoms with Gasteiger partial charge in [-0.2, -0.15) is 0 Å². The SMILES string of the molecule is Cc1ccc(C(C)C)c(OC(=O)/C=C/c2ccc([N+](=O)[O-])s2)c1. The fourth-order valence-corrected chi connectivity index (χ4v) is 2.75. The van der Waals surface area contributed by atoms with Gasteiger partial charge in [-0.15, -0.1) is 0 Å². The van der Waals surface area contributed by atoms with Gasteiger partial charge in [0.2, 0.25) is 0 Å². The van der Waals surface area contributed by atoms with Crippen molar-refractivity contribution in [3.63, 3.8) is 0 Å². The van der Waals surface area contributed by atoms with Crippen LogP contribution >= 0.6 is 11.3 Å². The van der Waals surface area contributed by atoms with Crippen LogP contribution in [0.5, 0.6) is 5.75 Å². The summed E-state index contributed by atoms with van der Waals surface area (Å²) in [5.41, 5.74) is 1.97. The van der Waals surface area contributed by atoms with Crippen LogP contribution in [0.3, 0.4) is 0 Å². The minimum atomic E-state index is -0.506. The number of thiophene rings is 1. The molecule has 5 nitrogen and oxygen atoms in total. The van der Waals surface area contributed by atoms with E-state index in [2.05, 4.69) is 0 Å². The van der Waals surface area contributed by atoms with E-state index in [9.17, 15) is 14.9 Å². The van der Waals surface area contributed by atoms with Crippen LogP contribution in [-0.2, 0) is 4.79 Å². The highest BCUT2D eigenvalue weighted by Crippen LogP contribution is 2.28. The lowest BCUT2D eigenvalue weighted by molar-refractivity contribution is -0.380. The standard InChI is InChI=1S/C17H17NO4S/c1-11(2)14-7-4-12(3)10-15(14)22-17(19)9-6-13-5-8-16(23-13)18(20)21/h4-11H,1-3H3/b9-6+. The van der Waals surface area contributed by atoms with E-state index < -0.39 is 10.9 Å². The number of carbonyl (C=O) groups is 1. The normalized spacial score (nSPS) is 11.1. The number of rotatable bonds is 5. The summed E-state index contributed by atoms with van der Waals surface area (Å²) >= 11 is 1.01. The summed E-state index contributed by atoms with van der Waals surface area (Å²) in [6.45, 7) is 5.99. The van der Waals surface area contributed by atoms with E-state index in [-0.39, 0.29) is 10.9 Å². The third kappa shape index (κ3) is 4.50. The number of hydrogen-bond acceptors (Lipinski definition) is 5. The van der Waals surface area contributed by atoms with Crippen LogP contribution in [0, 0.1) is 17.0 Å². The van der Waals surface area contributed by atoms with Crippen LogP contribution in [0.1, 0.15) is 35.8 Å². The Morgan fingerprint density at radius 3 is 2.65 bits per heavy atom. The van der Waals surface area contributed by atoms with Gasteiger partial charge in [-0.1, -0.05) is 37.3 Å². The van der Waals surface area contributed by atoms with Crippen molar-refractivity contribution in [2.24, 2.45) is 0 Å². The van der Waals surface area contributed by atoms with Crippen molar-refractivity contribution in [3.05, 3.63) is 62.5 Å². The van der Waals surface area contributed by atoms with E-state index >= 15 is 0 Å². The topological polar surface area (TPSA) is 69.4 Å². The van der Waals surface area contributed by atoms with Gasteiger partial charge in [0.05, 0.1) is 4.92 Å². The van der Waals surface area contributed by atoms with Crippen molar-refractivity contribution in [1.29, 1.82) is 0 Å². The molecule has 0 aliphatic rings. The summed E-state index contributed by atoms with van der Waals surface area (Å²) < 4.78 is 5.41. The number of nitrogens with zero attached hydrogens (tertiary/aromatic N) is 1. The summed E-state index contributed by atoms with van der Waals surface area (Å²) in [5, 5.41) is 10.7. The van der Waals surface area contributed by atoms with Gasteiger partial charge in [-0.25, -0.2) is 4.79 Å². The van der Waals surface area contributed by atoms with E-state index in [0.717, 1.165) is 22.5 Å². The second-order valence-corrected chi connectivity index (χ2v) is 6.48. The quantitative estimate of drug-likeness (QED) is 0.262. The predicted octanol–water partition coefficient (Wildman–Crippen LogP) is 4.71. The minimum Gasteiger partial charge on any atom is -0.423 e. The monoisotopic (exact) mass is 331 g/mol. The van der Waals surface area contributed by atoms with E-state index in [1.807, 2.05) is 39.0 Å². The largest absolute Gasteiger partial charge is 0.423 e. The van der Waals surface area contributed by atoms with Crippen LogP contribution < -0.4 is 4.74 Å². The number of esters is 1. The molecule has 1 aromatic heterocycles. The molecule has 0 saturated carbocycles. The van der Waals surface area contributed by atoms with Crippen molar-refractivity contribution in [2.75, 3.05) is 0 Å². The first-order chi connectivity index (χ1) is 10.9. The van der Waals surface area contributed by atoms with Gasteiger partial charge in [-0.3, -0.25) is 10.1 Å². The van der Waals surface area contributed by atoms with E-state index in [1.54, 1.807) is 6.07 Å². The van der Waals surface area contributed by atoms with Crippen molar-refractivity contribution in [3.8, 4) is 5.75 Å². The smallest absolute Gasteiger partial charge is 0.336 e. The maximum absolute atomic E-state index is 12.0. The maximum atomic E-state index is 12.0. The Hall–Kier alpha value is -2.47. The lowest BCUT2D eigenvalue weighted by Crippen LogP contribution is -2.06. The molecule has 23 heavy (non-hydrogen) atoms. The molecule has 0 aliphatic heterocycles. The summed E-state index contributed by atoms with van der Waals surface area (Å²) in [6.07, 6.45) is 2.80. The molecule has 0 bridgehead atoms. The van der Waals surface area contributed by atoms with E-state index in [1.165, 1.54) is 18.2 Å². The Labute approximate surface area is 138 Å². The Kier molecular flexibility index (Phi) is 5.28. The molecule has 2 aromatic rings. The average molecular weight is 331 g/mol. The summed E-state index contributed by atoms with van der Waals surface area (Å²) in [5.74, 6) is 0.280. The zero-order chi connectivity index (χ0) is 17.0. The van der Waals surface area contributed by atoms with Crippen LogP contribution in [-0.4, -0.2) is 10.9 Å². The summed E-state index contributed by atoms with van der Waals surface area (Å²) in [7, 11) is 0. The highest BCUT2D eigenvalue weighted by molar-refractivity contribution is 7.16. The number of benzene rings is 1. The summed E-state index contributed by atoms with van der Waals surface area (Å²) in [6, 6.07) is 8.77. The Morgan fingerprint density at radius 2 is 2.04 bits per heavy atom. The zero-order valence-corrected chi connectivity index (χ0v) is 13.9. The lowest BCUT2D eigenvalue weighted by Gasteiger charge is -2.12. The van der Waals surface area contributed by atoms with E-state index in [0.29, 0.717) is 10.6 Å². The Balaban J connectivity index is 2.11. The molecule has 120 valence electrons. The fraction of sp³-hybridized carbons (Fsp3) is 0.235. The second kappa shape index (κ2) is 7.19. The highest BCUT2D eigenvalue weighted by Gasteiger charge is 2.11. The molecule has 0 radical (unpaired) electrons. The number of carbonyl (C=O) groups excluding carboxylic acids is 1. The molecule has 0 fully saturated rings. The predicted molar refractivity (Wildman–Crippen MR) is 90.9 cm³/mol. The molecule has 0 spiro atoms. The molecule has 0 unspecified atom stereocenters. The molecule has 1 heterocycles. The van der Waals surface area contributed by atoms with Crippen LogP contribution in [0.15, 0.2) is 36.4 Å². The molecule has 0 amide bonds. The molecule has 1 aromatic carbocycles. The van der Waals surface area contributed by atoms with Crippen molar-refractivity contribution < 1.29 is 14.5 Å². The molecule has 0 N–H and O–H groups in total. The van der Waals surface area contributed by atoms with Gasteiger partial charge >= 0.3 is 11.0 Å². The lowest BCUT2D eigenvalue weighted by atomic mass is 10.0. The molecule has 0 atom stereocenters. The summed E-state index contributed by atoms with van der Waals surface area (Å²) in [4.78, 5) is 22.8. The first-order valence-corrected chi connectivity index (χ1v) is 7.93. The number of aryl methyl sites for hydroxylation is 1. The number of hydrogen-bond donors (Lipinski definition) is 0. The first kappa shape index (κ1) is 16.9. The van der Waals surface area contributed by atoms with Crippen LogP contribution in [0.25, 0.3) is 6.08 Å². The molecule has 0 saturated heterocycles. The highest BCUT2D eigenvalue weighted by atomic mass is 32.1. The van der Waals surface area contributed by atoms with Gasteiger partial charge in [0.25, 0.3) is 0 Å². The molecule has 6 heteroatoms. The Bertz CT molecular complexity index is 762. The van der Waals surface area contributed by atoms with Crippen molar-refractivity contribution in [2.45, 2.75) is 26.7 Å². The van der Waals surface area contributed by atoms with Gasteiger partial charge in [0, 0.05) is 17.0 Å². The maximum Gasteiger partial charge on any atom is 0.336 e. The number of ether oxygens (including phenoxy) is 1. The van der Waals surface area contributed by atoms with Gasteiger partial charge < -0.3 is 4.74 Å². The molecular formula is C17H17NO4S. The van der Waals surface area contributed by atoms with Crippen LogP contribution in [0.2, 0.25) is 0 Å². The Morgan fingerprint density at radius 1 is 1.30 bits per heavy atom. The zero-order valence-electron chi connectivity index (χ0n) is 13.1. The third-order valence-corrected chi connectivity index (χ3v) is 4.18. The van der Waals surface area contributed by atoms with Crippen molar-refractivity contribution in [1.82, 2.24) is 0 Å². The second-order valence-electron chi connectivity index (χ2n) is 5.38. The molecule has 2 rings (SSSR count). The average Bonchev–Trinajstić information content (AvgIpc) is 2.94. The minimum absolute atomic E-state index is 0.0406. The van der Waals surface area contributed by atoms with E-state index in [4.69, 9.17) is 4.74 Å². The first-order valence-electron chi connectivity index (χ1n) is 7.11. The van der Waals surface area contributed by atoms with Gasteiger partial charge in [-0.05, 0) is 42.2 Å². The molecular weight excluding hydrogens is 314 g/mol. The van der Waals surface area contributed by atoms with Gasteiger partial charge in [0.15, 0.2) is 0 Å². The van der Waals surface area contributed by atoms with Crippen molar-refractivity contribution >= 4 is 28.4 Å². The fourth-order valence-electron chi connectivity index (χ4n) is 2.03. The molecule has 0 aliphatic carbocycles. The third-order valence-electron chi connectivity index (χ3n) is 3.18. The number of nitro groups is 1. The van der Waals surface area contributed by atoms with Crippen LogP contribution in [0.4, 0.5) is 5.00 Å².